The molecule has 1 aliphatic heterocycles. The third-order valence-electron chi connectivity index (χ3n) is 3.86. The van der Waals surface area contributed by atoms with Gasteiger partial charge in [0.2, 0.25) is 5.91 Å². The van der Waals surface area contributed by atoms with E-state index in [2.05, 4.69) is 25.9 Å². The van der Waals surface area contributed by atoms with E-state index in [-0.39, 0.29) is 12.0 Å². The van der Waals surface area contributed by atoms with Gasteiger partial charge in [-0.25, -0.2) is 9.97 Å². The molecule has 2 aromatic rings. The molecule has 1 fully saturated rings. The second kappa shape index (κ2) is 8.11. The van der Waals surface area contributed by atoms with Crippen LogP contribution < -0.4 is 9.47 Å². The zero-order chi connectivity index (χ0) is 17.6. The van der Waals surface area contributed by atoms with Gasteiger partial charge in [0, 0.05) is 31.4 Å². The maximum Gasteiger partial charge on any atom is 0.316 e. The molecule has 0 N–H and O–H groups in total. The summed E-state index contributed by atoms with van der Waals surface area (Å²) in [6.45, 7) is 1.19. The lowest BCUT2D eigenvalue weighted by Crippen LogP contribution is -2.29. The predicted molar refractivity (Wildman–Crippen MR) is 97.4 cm³/mol. The number of rotatable bonds is 5. The van der Waals surface area contributed by atoms with Gasteiger partial charge >= 0.3 is 6.01 Å². The summed E-state index contributed by atoms with van der Waals surface area (Å²) in [6.07, 6.45) is 7.34. The van der Waals surface area contributed by atoms with Crippen LogP contribution in [0, 0.1) is 0 Å². The Kier molecular flexibility index (Phi) is 5.65. The number of amides is 1. The van der Waals surface area contributed by atoms with Crippen molar-refractivity contribution in [1.82, 2.24) is 14.9 Å². The van der Waals surface area contributed by atoms with E-state index in [4.69, 9.17) is 9.47 Å². The van der Waals surface area contributed by atoms with Crippen LogP contribution in [0.15, 0.2) is 47.2 Å². The number of ether oxygens (including phenoxy) is 2. The Morgan fingerprint density at radius 2 is 2.00 bits per heavy atom. The first-order valence-corrected chi connectivity index (χ1v) is 8.68. The smallest absolute Gasteiger partial charge is 0.316 e. The van der Waals surface area contributed by atoms with Gasteiger partial charge in [-0.1, -0.05) is 12.1 Å². The summed E-state index contributed by atoms with van der Waals surface area (Å²) < 4.78 is 11.6. The number of likely N-dealkylation sites (tertiary alicyclic amines) is 1. The zero-order valence-corrected chi connectivity index (χ0v) is 15.3. The first kappa shape index (κ1) is 17.4. The fraction of sp³-hybridized carbons (Fsp3) is 0.278. The Morgan fingerprint density at radius 3 is 2.68 bits per heavy atom. The first-order valence-electron chi connectivity index (χ1n) is 7.89. The summed E-state index contributed by atoms with van der Waals surface area (Å²) in [4.78, 5) is 22.3. The Bertz CT molecular complexity index is 747. The molecule has 1 amide bonds. The normalized spacial score (nSPS) is 17.0. The van der Waals surface area contributed by atoms with Crippen LogP contribution in [0.3, 0.4) is 0 Å². The molecular formula is C18H18BrN3O3. The van der Waals surface area contributed by atoms with Crippen LogP contribution in [-0.2, 0) is 4.79 Å². The maximum absolute atomic E-state index is 12.3. The zero-order valence-electron chi connectivity index (χ0n) is 13.8. The number of halogens is 1. The van der Waals surface area contributed by atoms with E-state index in [1.54, 1.807) is 36.6 Å². The van der Waals surface area contributed by atoms with Gasteiger partial charge in [0.05, 0.1) is 18.1 Å². The number of hydrogen-bond acceptors (Lipinski definition) is 5. The highest BCUT2D eigenvalue weighted by atomic mass is 79.9. The largest absolute Gasteiger partial charge is 0.497 e. The lowest BCUT2D eigenvalue weighted by Gasteiger charge is -2.14. The van der Waals surface area contributed by atoms with Crippen molar-refractivity contribution in [2.75, 3.05) is 20.2 Å². The average molecular weight is 404 g/mol. The lowest BCUT2D eigenvalue weighted by atomic mass is 10.2. The number of carbonyl (C=O) groups is 1. The highest BCUT2D eigenvalue weighted by molar-refractivity contribution is 9.10. The van der Waals surface area contributed by atoms with E-state index >= 15 is 0 Å². The van der Waals surface area contributed by atoms with Crippen LogP contribution in [0.4, 0.5) is 0 Å². The molecule has 0 saturated carbocycles. The molecule has 0 aliphatic carbocycles. The molecule has 1 atom stereocenters. The summed E-state index contributed by atoms with van der Waals surface area (Å²) in [6, 6.07) is 7.87. The van der Waals surface area contributed by atoms with Gasteiger partial charge in [-0.05, 0) is 39.7 Å². The summed E-state index contributed by atoms with van der Waals surface area (Å²) in [5.74, 6) is 0.761. The summed E-state index contributed by atoms with van der Waals surface area (Å²) in [7, 11) is 1.62. The van der Waals surface area contributed by atoms with E-state index < -0.39 is 0 Å². The molecule has 2 heterocycles. The first-order chi connectivity index (χ1) is 12.1. The second-order valence-corrected chi connectivity index (χ2v) is 6.52. The molecule has 1 saturated heterocycles. The number of hydrogen-bond donors (Lipinski definition) is 0. The van der Waals surface area contributed by atoms with Gasteiger partial charge in [-0.2, -0.15) is 0 Å². The average Bonchev–Trinajstić information content (AvgIpc) is 3.10. The minimum absolute atomic E-state index is 0.0290. The molecule has 0 spiro atoms. The summed E-state index contributed by atoms with van der Waals surface area (Å²) in [5.41, 5.74) is 0.949. The van der Waals surface area contributed by atoms with E-state index in [1.807, 2.05) is 24.3 Å². The van der Waals surface area contributed by atoms with Gasteiger partial charge in [0.25, 0.3) is 0 Å². The van der Waals surface area contributed by atoms with Gasteiger partial charge in [-0.3, -0.25) is 4.79 Å². The molecule has 7 heteroatoms. The topological polar surface area (TPSA) is 64.5 Å². The second-order valence-electron chi connectivity index (χ2n) is 5.60. The number of aromatic nitrogens is 2. The summed E-state index contributed by atoms with van der Waals surface area (Å²) >= 11 is 3.28. The number of methoxy groups -OCH3 is 1. The van der Waals surface area contributed by atoms with Crippen LogP contribution in [0.2, 0.25) is 0 Å². The Labute approximate surface area is 154 Å². The highest BCUT2D eigenvalue weighted by Crippen LogP contribution is 2.17. The standard InChI is InChI=1S/C18H18BrN3O3/c1-24-15-5-2-13(3-6-15)4-7-17(23)22-9-8-16(12-22)25-18-20-10-14(19)11-21-18/h2-7,10-11,16H,8-9,12H2,1H3/b7-4+. The van der Waals surface area contributed by atoms with Crippen molar-refractivity contribution in [1.29, 1.82) is 0 Å². The highest BCUT2D eigenvalue weighted by Gasteiger charge is 2.27. The predicted octanol–water partition coefficient (Wildman–Crippen LogP) is 2.94. The van der Waals surface area contributed by atoms with E-state index in [0.29, 0.717) is 19.1 Å². The van der Waals surface area contributed by atoms with Crippen molar-refractivity contribution in [2.24, 2.45) is 0 Å². The number of benzene rings is 1. The van der Waals surface area contributed by atoms with E-state index in [1.165, 1.54) is 0 Å². The Balaban J connectivity index is 1.53. The van der Waals surface area contributed by atoms with Crippen molar-refractivity contribution in [3.8, 4) is 11.8 Å². The van der Waals surface area contributed by atoms with Gasteiger partial charge in [0.1, 0.15) is 11.9 Å². The lowest BCUT2D eigenvalue weighted by molar-refractivity contribution is -0.125. The van der Waals surface area contributed by atoms with E-state index in [9.17, 15) is 4.79 Å². The third kappa shape index (κ3) is 4.79. The molecule has 0 radical (unpaired) electrons. The number of carbonyl (C=O) groups excluding carboxylic acids is 1. The molecule has 6 nitrogen and oxygen atoms in total. The van der Waals surface area contributed by atoms with Crippen LogP contribution in [0.25, 0.3) is 6.08 Å². The number of nitrogens with zero attached hydrogens (tertiary/aromatic N) is 3. The fourth-order valence-corrected chi connectivity index (χ4v) is 2.73. The molecule has 130 valence electrons. The van der Waals surface area contributed by atoms with Crippen molar-refractivity contribution in [2.45, 2.75) is 12.5 Å². The van der Waals surface area contributed by atoms with Crippen LogP contribution in [-0.4, -0.2) is 47.1 Å². The van der Waals surface area contributed by atoms with Crippen LogP contribution >= 0.6 is 15.9 Å². The minimum Gasteiger partial charge on any atom is -0.497 e. The van der Waals surface area contributed by atoms with Gasteiger partial charge in [0.15, 0.2) is 0 Å². The third-order valence-corrected chi connectivity index (χ3v) is 4.27. The fourth-order valence-electron chi connectivity index (χ4n) is 2.52. The Morgan fingerprint density at radius 1 is 1.28 bits per heavy atom. The van der Waals surface area contributed by atoms with Crippen molar-refractivity contribution in [3.05, 3.63) is 52.8 Å². The maximum atomic E-state index is 12.3. The monoisotopic (exact) mass is 403 g/mol. The van der Waals surface area contributed by atoms with Gasteiger partial charge < -0.3 is 14.4 Å². The Hall–Kier alpha value is -2.41. The van der Waals surface area contributed by atoms with Crippen molar-refractivity contribution >= 4 is 27.9 Å². The quantitative estimate of drug-likeness (QED) is 0.718. The SMILES string of the molecule is COc1ccc(/C=C/C(=O)N2CCC(Oc3ncc(Br)cn3)C2)cc1. The van der Waals surface area contributed by atoms with E-state index in [0.717, 1.165) is 22.2 Å². The van der Waals surface area contributed by atoms with Crippen LogP contribution in [0.5, 0.6) is 11.8 Å². The van der Waals surface area contributed by atoms with Crippen molar-refractivity contribution in [3.63, 3.8) is 0 Å². The van der Waals surface area contributed by atoms with Crippen LogP contribution in [0.1, 0.15) is 12.0 Å². The molecule has 1 aromatic carbocycles. The molecule has 1 aliphatic rings. The van der Waals surface area contributed by atoms with Crippen molar-refractivity contribution < 1.29 is 14.3 Å². The minimum atomic E-state index is -0.0838. The molecule has 25 heavy (non-hydrogen) atoms. The van der Waals surface area contributed by atoms with Gasteiger partial charge in [-0.15, -0.1) is 0 Å². The molecule has 1 unspecified atom stereocenters. The molecule has 0 bridgehead atoms. The summed E-state index contributed by atoms with van der Waals surface area (Å²) in [5, 5.41) is 0. The molecule has 3 rings (SSSR count). The molecule has 1 aromatic heterocycles. The molecular weight excluding hydrogens is 386 g/mol.